The molecule has 6 heteroatoms. The number of nitrogens with zero attached hydrogens (tertiary/aromatic N) is 2. The second-order valence-electron chi connectivity index (χ2n) is 5.74. The Hall–Kier alpha value is -1.28. The molecule has 0 spiro atoms. The first-order chi connectivity index (χ1) is 10.4. The molecule has 0 bridgehead atoms. The van der Waals surface area contributed by atoms with Crippen molar-refractivity contribution in [2.24, 2.45) is 0 Å². The minimum atomic E-state index is -0.838. The topological polar surface area (TPSA) is 64.3 Å². The van der Waals surface area contributed by atoms with E-state index in [2.05, 4.69) is 6.07 Å². The molecular formula is C16H18Cl2N2O2. The number of rotatable bonds is 3. The van der Waals surface area contributed by atoms with Gasteiger partial charge in [-0.25, -0.2) is 0 Å². The summed E-state index contributed by atoms with van der Waals surface area (Å²) in [7, 11) is 1.65. The van der Waals surface area contributed by atoms with E-state index in [-0.39, 0.29) is 18.4 Å². The predicted octanol–water partition coefficient (Wildman–Crippen LogP) is 3.19. The van der Waals surface area contributed by atoms with Crippen LogP contribution in [-0.4, -0.2) is 34.6 Å². The molecule has 0 heterocycles. The maximum Gasteiger partial charge on any atom is 0.228 e. The van der Waals surface area contributed by atoms with Gasteiger partial charge in [-0.05, 0) is 43.4 Å². The summed E-state index contributed by atoms with van der Waals surface area (Å²) in [6.45, 7) is 0. The van der Waals surface area contributed by atoms with Gasteiger partial charge in [-0.1, -0.05) is 29.3 Å². The molecule has 0 aromatic heterocycles. The number of carbonyl (C=O) groups excluding carboxylic acids is 1. The van der Waals surface area contributed by atoms with E-state index in [0.717, 1.165) is 0 Å². The molecule has 118 valence electrons. The van der Waals surface area contributed by atoms with Crippen molar-refractivity contribution in [3.05, 3.63) is 33.8 Å². The number of amides is 1. The van der Waals surface area contributed by atoms with E-state index in [0.29, 0.717) is 41.3 Å². The Morgan fingerprint density at radius 3 is 2.64 bits per heavy atom. The molecule has 1 aliphatic rings. The fourth-order valence-electron chi connectivity index (χ4n) is 2.79. The summed E-state index contributed by atoms with van der Waals surface area (Å²) < 4.78 is 0. The van der Waals surface area contributed by atoms with Crippen LogP contribution in [0.2, 0.25) is 10.0 Å². The van der Waals surface area contributed by atoms with Crippen LogP contribution < -0.4 is 0 Å². The van der Waals surface area contributed by atoms with Gasteiger partial charge in [0.15, 0.2) is 0 Å². The fourth-order valence-corrected chi connectivity index (χ4v) is 3.26. The van der Waals surface area contributed by atoms with Crippen LogP contribution in [0, 0.1) is 11.3 Å². The second-order valence-corrected chi connectivity index (χ2v) is 6.58. The number of benzene rings is 1. The molecule has 1 aliphatic carbocycles. The molecule has 0 atom stereocenters. The van der Waals surface area contributed by atoms with Crippen molar-refractivity contribution in [3.63, 3.8) is 0 Å². The molecule has 1 amide bonds. The number of hydrogen-bond acceptors (Lipinski definition) is 3. The summed E-state index contributed by atoms with van der Waals surface area (Å²) in [5, 5.41) is 20.1. The number of aliphatic hydroxyl groups is 1. The number of carbonyl (C=O) groups is 1. The first kappa shape index (κ1) is 17.1. The number of hydrogen-bond donors (Lipinski definition) is 1. The first-order valence-electron chi connectivity index (χ1n) is 7.18. The van der Waals surface area contributed by atoms with E-state index in [4.69, 9.17) is 23.2 Å². The molecule has 4 nitrogen and oxygen atoms in total. The standard InChI is InChI=1S/C16H18Cl2N2O2/c1-20(16(10-19)6-4-13(21)5-7-16)15(22)8-11-2-3-12(17)9-14(11)18/h2-3,9,13,21H,4-8H2,1H3. The average molecular weight is 341 g/mol. The molecule has 0 aliphatic heterocycles. The Kier molecular flexibility index (Phi) is 5.33. The summed E-state index contributed by atoms with van der Waals surface area (Å²) in [5.74, 6) is -0.165. The highest BCUT2D eigenvalue weighted by atomic mass is 35.5. The van der Waals surface area contributed by atoms with Crippen LogP contribution in [0.4, 0.5) is 0 Å². The van der Waals surface area contributed by atoms with Crippen molar-refractivity contribution in [3.8, 4) is 6.07 Å². The van der Waals surface area contributed by atoms with Gasteiger partial charge < -0.3 is 10.0 Å². The molecule has 22 heavy (non-hydrogen) atoms. The van der Waals surface area contributed by atoms with Crippen LogP contribution in [0.5, 0.6) is 0 Å². The molecule has 1 aromatic carbocycles. The van der Waals surface area contributed by atoms with Crippen molar-refractivity contribution in [2.75, 3.05) is 7.05 Å². The maximum atomic E-state index is 12.5. The third-order valence-corrected chi connectivity index (χ3v) is 4.95. The van der Waals surface area contributed by atoms with Crippen molar-refractivity contribution in [1.29, 1.82) is 5.26 Å². The quantitative estimate of drug-likeness (QED) is 0.918. The normalized spacial score (nSPS) is 24.6. The number of nitriles is 1. The van der Waals surface area contributed by atoms with Gasteiger partial charge in [0.1, 0.15) is 5.54 Å². The lowest BCUT2D eigenvalue weighted by atomic mass is 9.80. The average Bonchev–Trinajstić information content (AvgIpc) is 2.50. The van der Waals surface area contributed by atoms with Crippen LogP contribution in [0.1, 0.15) is 31.2 Å². The number of halogens is 2. The van der Waals surface area contributed by atoms with E-state index in [1.165, 1.54) is 4.90 Å². The van der Waals surface area contributed by atoms with Crippen molar-refractivity contribution < 1.29 is 9.90 Å². The highest BCUT2D eigenvalue weighted by Crippen LogP contribution is 2.33. The molecule has 0 unspecified atom stereocenters. The minimum Gasteiger partial charge on any atom is -0.393 e. The van der Waals surface area contributed by atoms with E-state index >= 15 is 0 Å². The number of aliphatic hydroxyl groups excluding tert-OH is 1. The summed E-state index contributed by atoms with van der Waals surface area (Å²) in [6.07, 6.45) is 1.79. The molecular weight excluding hydrogens is 323 g/mol. The minimum absolute atomic E-state index is 0.123. The highest BCUT2D eigenvalue weighted by molar-refractivity contribution is 6.35. The largest absolute Gasteiger partial charge is 0.393 e. The molecule has 1 N–H and O–H groups in total. The SMILES string of the molecule is CN(C(=O)Cc1ccc(Cl)cc1Cl)C1(C#N)CCC(O)CC1. The van der Waals surface area contributed by atoms with Crippen LogP contribution in [-0.2, 0) is 11.2 Å². The lowest BCUT2D eigenvalue weighted by molar-refractivity contribution is -0.134. The van der Waals surface area contributed by atoms with Gasteiger partial charge >= 0.3 is 0 Å². The molecule has 1 fully saturated rings. The van der Waals surface area contributed by atoms with Gasteiger partial charge in [-0.3, -0.25) is 4.79 Å². The summed E-state index contributed by atoms with van der Waals surface area (Å²) in [5.41, 5.74) is -0.151. The van der Waals surface area contributed by atoms with Gasteiger partial charge in [0.25, 0.3) is 0 Å². The van der Waals surface area contributed by atoms with E-state index < -0.39 is 5.54 Å². The maximum absolute atomic E-state index is 12.5. The Bertz CT molecular complexity index is 605. The Morgan fingerprint density at radius 1 is 1.45 bits per heavy atom. The predicted molar refractivity (Wildman–Crippen MR) is 85.8 cm³/mol. The molecule has 1 aromatic rings. The summed E-state index contributed by atoms with van der Waals surface area (Å²) in [4.78, 5) is 14.0. The first-order valence-corrected chi connectivity index (χ1v) is 7.93. The van der Waals surface area contributed by atoms with Gasteiger partial charge in [0.2, 0.25) is 5.91 Å². The fraction of sp³-hybridized carbons (Fsp3) is 0.500. The monoisotopic (exact) mass is 340 g/mol. The Morgan fingerprint density at radius 2 is 2.09 bits per heavy atom. The van der Waals surface area contributed by atoms with E-state index in [9.17, 15) is 15.2 Å². The van der Waals surface area contributed by atoms with Gasteiger partial charge in [0.05, 0.1) is 18.6 Å². The zero-order chi connectivity index (χ0) is 16.3. The molecule has 1 saturated carbocycles. The van der Waals surface area contributed by atoms with Crippen molar-refractivity contribution in [2.45, 2.75) is 43.7 Å². The lowest BCUT2D eigenvalue weighted by Crippen LogP contribution is -2.51. The van der Waals surface area contributed by atoms with Crippen molar-refractivity contribution >= 4 is 29.1 Å². The summed E-state index contributed by atoms with van der Waals surface area (Å²) >= 11 is 11.9. The smallest absolute Gasteiger partial charge is 0.228 e. The van der Waals surface area contributed by atoms with Crippen LogP contribution in [0.25, 0.3) is 0 Å². The van der Waals surface area contributed by atoms with Gasteiger partial charge in [0, 0.05) is 17.1 Å². The Balaban J connectivity index is 2.13. The third kappa shape index (κ3) is 3.55. The second kappa shape index (κ2) is 6.87. The third-order valence-electron chi connectivity index (χ3n) is 4.36. The Labute approximate surface area is 140 Å². The number of likely N-dealkylation sites (N-methyl/N-ethyl adjacent to an activating group) is 1. The molecule has 0 radical (unpaired) electrons. The van der Waals surface area contributed by atoms with Gasteiger partial charge in [-0.2, -0.15) is 5.26 Å². The van der Waals surface area contributed by atoms with E-state index in [1.54, 1.807) is 25.2 Å². The van der Waals surface area contributed by atoms with Crippen LogP contribution in [0.3, 0.4) is 0 Å². The molecule has 0 saturated heterocycles. The van der Waals surface area contributed by atoms with Crippen molar-refractivity contribution in [1.82, 2.24) is 4.90 Å². The highest BCUT2D eigenvalue weighted by Gasteiger charge is 2.40. The van der Waals surface area contributed by atoms with Gasteiger partial charge in [-0.15, -0.1) is 0 Å². The zero-order valence-electron chi connectivity index (χ0n) is 12.4. The van der Waals surface area contributed by atoms with Crippen LogP contribution >= 0.6 is 23.2 Å². The summed E-state index contributed by atoms with van der Waals surface area (Å²) in [6, 6.07) is 7.28. The zero-order valence-corrected chi connectivity index (χ0v) is 13.9. The molecule has 2 rings (SSSR count). The lowest BCUT2D eigenvalue weighted by Gasteiger charge is -2.40. The van der Waals surface area contributed by atoms with E-state index in [1.807, 2.05) is 0 Å². The van der Waals surface area contributed by atoms with Crippen LogP contribution in [0.15, 0.2) is 18.2 Å².